The number of carbonyl (C=O) groups excluding carboxylic acids is 1. The highest BCUT2D eigenvalue weighted by Crippen LogP contribution is 2.19. The molecule has 0 atom stereocenters. The van der Waals surface area contributed by atoms with Gasteiger partial charge in [0.25, 0.3) is 0 Å². The maximum absolute atomic E-state index is 11.6. The summed E-state index contributed by atoms with van der Waals surface area (Å²) in [6.07, 6.45) is 1.17. The number of hydrogen-bond donors (Lipinski definition) is 1. The molecule has 0 amide bonds. The summed E-state index contributed by atoms with van der Waals surface area (Å²) in [6.45, 7) is 6.13. The minimum atomic E-state index is -1.20. The van der Waals surface area contributed by atoms with Crippen molar-refractivity contribution in [3.05, 3.63) is 23.5 Å². The van der Waals surface area contributed by atoms with Crippen molar-refractivity contribution in [3.8, 4) is 5.75 Å². The second kappa shape index (κ2) is 6.72. The van der Waals surface area contributed by atoms with Crippen LogP contribution in [0.5, 0.6) is 5.75 Å². The number of carbonyl (C=O) groups is 2. The van der Waals surface area contributed by atoms with E-state index >= 15 is 0 Å². The SMILES string of the molecule is CCOC(=O)c1cnc(C(=O)O)c(OCC(C)C)c1. The molecule has 19 heavy (non-hydrogen) atoms. The molecular formula is C13H17NO5. The average molecular weight is 267 g/mol. The first kappa shape index (κ1) is 14.9. The monoisotopic (exact) mass is 267 g/mol. The van der Waals surface area contributed by atoms with Crippen molar-refractivity contribution in [1.29, 1.82) is 0 Å². The summed E-state index contributed by atoms with van der Waals surface area (Å²) >= 11 is 0. The summed E-state index contributed by atoms with van der Waals surface area (Å²) in [5, 5.41) is 9.01. The molecule has 6 heteroatoms. The van der Waals surface area contributed by atoms with E-state index in [-0.39, 0.29) is 29.5 Å². The fourth-order valence-electron chi connectivity index (χ4n) is 1.30. The number of nitrogens with zero attached hydrogens (tertiary/aromatic N) is 1. The Balaban J connectivity index is 3.03. The first-order chi connectivity index (χ1) is 8.95. The molecule has 1 rings (SSSR count). The number of rotatable bonds is 6. The lowest BCUT2D eigenvalue weighted by Gasteiger charge is -2.11. The van der Waals surface area contributed by atoms with Gasteiger partial charge >= 0.3 is 11.9 Å². The highest BCUT2D eigenvalue weighted by atomic mass is 16.5. The fraction of sp³-hybridized carbons (Fsp3) is 0.462. The van der Waals surface area contributed by atoms with Crippen LogP contribution >= 0.6 is 0 Å². The second-order valence-corrected chi connectivity index (χ2v) is 4.30. The van der Waals surface area contributed by atoms with E-state index in [2.05, 4.69) is 4.98 Å². The number of pyridine rings is 1. The molecule has 0 aliphatic heterocycles. The smallest absolute Gasteiger partial charge is 0.358 e. The van der Waals surface area contributed by atoms with Gasteiger partial charge in [-0.3, -0.25) is 0 Å². The third-order valence-electron chi connectivity index (χ3n) is 2.14. The van der Waals surface area contributed by atoms with Gasteiger partial charge in [-0.15, -0.1) is 0 Å². The molecule has 0 aliphatic carbocycles. The summed E-state index contributed by atoms with van der Waals surface area (Å²) in [6, 6.07) is 1.34. The molecule has 0 spiro atoms. The van der Waals surface area contributed by atoms with E-state index in [0.717, 1.165) is 0 Å². The Morgan fingerprint density at radius 2 is 2.11 bits per heavy atom. The minimum absolute atomic E-state index is 0.0757. The third kappa shape index (κ3) is 4.24. The van der Waals surface area contributed by atoms with Gasteiger partial charge in [-0.1, -0.05) is 13.8 Å². The first-order valence-corrected chi connectivity index (χ1v) is 5.99. The van der Waals surface area contributed by atoms with Crippen LogP contribution in [0, 0.1) is 5.92 Å². The fourth-order valence-corrected chi connectivity index (χ4v) is 1.30. The van der Waals surface area contributed by atoms with Crippen LogP contribution in [-0.4, -0.2) is 35.2 Å². The molecule has 0 saturated heterocycles. The first-order valence-electron chi connectivity index (χ1n) is 5.99. The third-order valence-corrected chi connectivity index (χ3v) is 2.14. The van der Waals surface area contributed by atoms with Crippen molar-refractivity contribution >= 4 is 11.9 Å². The lowest BCUT2D eigenvalue weighted by molar-refractivity contribution is 0.0523. The standard InChI is InChI=1S/C13H17NO5/c1-4-18-13(17)9-5-10(19-7-8(2)3)11(12(15)16)14-6-9/h5-6,8H,4,7H2,1-3H3,(H,15,16). The lowest BCUT2D eigenvalue weighted by Crippen LogP contribution is -2.12. The molecule has 1 N–H and O–H groups in total. The molecule has 1 heterocycles. The van der Waals surface area contributed by atoms with Gasteiger partial charge in [-0.25, -0.2) is 14.6 Å². The van der Waals surface area contributed by atoms with Crippen molar-refractivity contribution in [2.75, 3.05) is 13.2 Å². The van der Waals surface area contributed by atoms with Gasteiger partial charge in [-0.2, -0.15) is 0 Å². The number of esters is 1. The van der Waals surface area contributed by atoms with Crippen LogP contribution in [0.4, 0.5) is 0 Å². The second-order valence-electron chi connectivity index (χ2n) is 4.30. The topological polar surface area (TPSA) is 85.7 Å². The molecule has 0 aromatic carbocycles. The zero-order valence-electron chi connectivity index (χ0n) is 11.2. The Kier molecular flexibility index (Phi) is 5.29. The Morgan fingerprint density at radius 3 is 2.63 bits per heavy atom. The molecule has 104 valence electrons. The Labute approximate surface area is 111 Å². The molecule has 0 aliphatic rings. The van der Waals surface area contributed by atoms with Crippen LogP contribution in [0.15, 0.2) is 12.3 Å². The number of carboxylic acids is 1. The number of carboxylic acid groups (broad SMARTS) is 1. The van der Waals surface area contributed by atoms with Crippen molar-refractivity contribution in [3.63, 3.8) is 0 Å². The van der Waals surface area contributed by atoms with E-state index in [9.17, 15) is 9.59 Å². The van der Waals surface area contributed by atoms with Gasteiger partial charge in [0.2, 0.25) is 0 Å². The molecule has 1 aromatic rings. The van der Waals surface area contributed by atoms with Gasteiger partial charge in [0.1, 0.15) is 0 Å². The van der Waals surface area contributed by atoms with Gasteiger partial charge in [0.15, 0.2) is 11.4 Å². The van der Waals surface area contributed by atoms with Crippen molar-refractivity contribution in [1.82, 2.24) is 4.98 Å². The van der Waals surface area contributed by atoms with E-state index in [0.29, 0.717) is 6.61 Å². The minimum Gasteiger partial charge on any atom is -0.491 e. The molecule has 0 fully saturated rings. The Bertz CT molecular complexity index is 470. The van der Waals surface area contributed by atoms with Gasteiger partial charge in [0.05, 0.1) is 18.8 Å². The normalized spacial score (nSPS) is 10.3. The summed E-state index contributed by atoms with van der Waals surface area (Å²) in [4.78, 5) is 26.3. The van der Waals surface area contributed by atoms with Crippen LogP contribution in [0.25, 0.3) is 0 Å². The maximum Gasteiger partial charge on any atom is 0.358 e. The average Bonchev–Trinajstić information content (AvgIpc) is 2.36. The van der Waals surface area contributed by atoms with E-state index < -0.39 is 11.9 Å². The van der Waals surface area contributed by atoms with E-state index in [4.69, 9.17) is 14.6 Å². The summed E-state index contributed by atoms with van der Waals surface area (Å²) in [5.74, 6) is -1.45. The molecule has 1 aromatic heterocycles. The van der Waals surface area contributed by atoms with Crippen molar-refractivity contribution in [2.24, 2.45) is 5.92 Å². The highest BCUT2D eigenvalue weighted by Gasteiger charge is 2.17. The quantitative estimate of drug-likeness (QED) is 0.793. The van der Waals surface area contributed by atoms with Crippen LogP contribution in [0.1, 0.15) is 41.6 Å². The van der Waals surface area contributed by atoms with E-state index in [1.54, 1.807) is 6.92 Å². The van der Waals surface area contributed by atoms with Crippen LogP contribution < -0.4 is 4.74 Å². The van der Waals surface area contributed by atoms with E-state index in [1.807, 2.05) is 13.8 Å². The molecule has 0 unspecified atom stereocenters. The number of ether oxygens (including phenoxy) is 2. The molecule has 0 radical (unpaired) electrons. The predicted molar refractivity (Wildman–Crippen MR) is 67.5 cm³/mol. The summed E-state index contributed by atoms with van der Waals surface area (Å²) in [5.41, 5.74) is -0.0423. The highest BCUT2D eigenvalue weighted by molar-refractivity contribution is 5.93. The summed E-state index contributed by atoms with van der Waals surface area (Å²) < 4.78 is 10.2. The zero-order chi connectivity index (χ0) is 14.4. The van der Waals surface area contributed by atoms with E-state index in [1.165, 1.54) is 12.3 Å². The van der Waals surface area contributed by atoms with Gasteiger partial charge in [-0.05, 0) is 18.9 Å². The number of aromatic nitrogens is 1. The molecule has 0 bridgehead atoms. The molecule has 0 saturated carbocycles. The molecular weight excluding hydrogens is 250 g/mol. The van der Waals surface area contributed by atoms with Crippen molar-refractivity contribution in [2.45, 2.75) is 20.8 Å². The Hall–Kier alpha value is -2.11. The largest absolute Gasteiger partial charge is 0.491 e. The lowest BCUT2D eigenvalue weighted by atomic mass is 10.2. The predicted octanol–water partition coefficient (Wildman–Crippen LogP) is 1.99. The van der Waals surface area contributed by atoms with Crippen LogP contribution in [0.3, 0.4) is 0 Å². The summed E-state index contributed by atoms with van der Waals surface area (Å²) in [7, 11) is 0. The Morgan fingerprint density at radius 1 is 1.42 bits per heavy atom. The molecule has 6 nitrogen and oxygen atoms in total. The zero-order valence-corrected chi connectivity index (χ0v) is 11.2. The van der Waals surface area contributed by atoms with Gasteiger partial charge in [0, 0.05) is 6.20 Å². The maximum atomic E-state index is 11.6. The van der Waals surface area contributed by atoms with Crippen LogP contribution in [-0.2, 0) is 4.74 Å². The van der Waals surface area contributed by atoms with Crippen LogP contribution in [0.2, 0.25) is 0 Å². The van der Waals surface area contributed by atoms with Crippen molar-refractivity contribution < 1.29 is 24.2 Å². The van der Waals surface area contributed by atoms with Gasteiger partial charge < -0.3 is 14.6 Å². The number of aromatic carboxylic acids is 1. The number of hydrogen-bond acceptors (Lipinski definition) is 5.